The third-order valence-electron chi connectivity index (χ3n) is 3.05. The van der Waals surface area contributed by atoms with Gasteiger partial charge in [0.1, 0.15) is 5.69 Å². The summed E-state index contributed by atoms with van der Waals surface area (Å²) < 4.78 is 0. The molecule has 4 heteroatoms. The molecular weight excluding hydrogens is 228 g/mol. The van der Waals surface area contributed by atoms with Crippen molar-refractivity contribution < 1.29 is 4.92 Å². The smallest absolute Gasteiger partial charge is 0.258 e. The zero-order valence-corrected chi connectivity index (χ0v) is 10.4. The van der Waals surface area contributed by atoms with E-state index in [0.29, 0.717) is 17.5 Å². The minimum atomic E-state index is -0.309. The minimum Gasteiger partial charge on any atom is -0.258 e. The van der Waals surface area contributed by atoms with Gasteiger partial charge in [-0.3, -0.25) is 15.1 Å². The predicted octanol–water partition coefficient (Wildman–Crippen LogP) is 3.88. The topological polar surface area (TPSA) is 56.0 Å². The largest absolute Gasteiger partial charge is 0.298 e. The summed E-state index contributed by atoms with van der Waals surface area (Å²) >= 11 is 0. The number of nitro groups is 1. The first-order valence-corrected chi connectivity index (χ1v) is 6.25. The van der Waals surface area contributed by atoms with Crippen LogP contribution in [0.5, 0.6) is 0 Å². The van der Waals surface area contributed by atoms with Gasteiger partial charge in [-0.15, -0.1) is 0 Å². The van der Waals surface area contributed by atoms with Crippen molar-refractivity contribution in [1.29, 1.82) is 0 Å². The van der Waals surface area contributed by atoms with Crippen LogP contribution in [0.15, 0.2) is 30.5 Å². The Labute approximate surface area is 106 Å². The summed E-state index contributed by atoms with van der Waals surface area (Å²) in [4.78, 5) is 15.2. The molecule has 0 saturated heterocycles. The zero-order valence-electron chi connectivity index (χ0n) is 10.4. The molecule has 0 fully saturated rings. The standard InChI is InChI=1S/C14H16N2O2/c1-2-3-4-9-13-14(16(17)18)12-8-6-5-7-11(12)10-15-13/h5-8,10H,2-4,9H2,1H3. The van der Waals surface area contributed by atoms with Gasteiger partial charge < -0.3 is 0 Å². The number of aryl methyl sites for hydroxylation is 1. The fourth-order valence-corrected chi connectivity index (χ4v) is 2.12. The van der Waals surface area contributed by atoms with Crippen LogP contribution in [0.25, 0.3) is 10.8 Å². The highest BCUT2D eigenvalue weighted by Crippen LogP contribution is 2.28. The maximum absolute atomic E-state index is 11.2. The van der Waals surface area contributed by atoms with E-state index in [2.05, 4.69) is 11.9 Å². The molecule has 4 nitrogen and oxygen atoms in total. The lowest BCUT2D eigenvalue weighted by Gasteiger charge is -2.05. The molecule has 1 aromatic carbocycles. The van der Waals surface area contributed by atoms with Crippen molar-refractivity contribution >= 4 is 16.5 Å². The van der Waals surface area contributed by atoms with Gasteiger partial charge in [0.15, 0.2) is 0 Å². The Balaban J connectivity index is 2.46. The fourth-order valence-electron chi connectivity index (χ4n) is 2.12. The molecule has 0 unspecified atom stereocenters. The average molecular weight is 244 g/mol. The summed E-state index contributed by atoms with van der Waals surface area (Å²) in [6.45, 7) is 2.11. The number of hydrogen-bond acceptors (Lipinski definition) is 3. The Morgan fingerprint density at radius 2 is 2.06 bits per heavy atom. The van der Waals surface area contributed by atoms with Gasteiger partial charge in [0.25, 0.3) is 5.69 Å². The summed E-state index contributed by atoms with van der Waals surface area (Å²) in [7, 11) is 0. The summed E-state index contributed by atoms with van der Waals surface area (Å²) in [6, 6.07) is 7.33. The van der Waals surface area contributed by atoms with E-state index in [9.17, 15) is 10.1 Å². The highest BCUT2D eigenvalue weighted by atomic mass is 16.6. The number of hydrogen-bond donors (Lipinski definition) is 0. The van der Waals surface area contributed by atoms with Crippen LogP contribution >= 0.6 is 0 Å². The molecule has 0 amide bonds. The van der Waals surface area contributed by atoms with Crippen LogP contribution in [0.1, 0.15) is 31.9 Å². The second kappa shape index (κ2) is 5.58. The van der Waals surface area contributed by atoms with E-state index in [0.717, 1.165) is 24.6 Å². The van der Waals surface area contributed by atoms with Crippen LogP contribution < -0.4 is 0 Å². The van der Waals surface area contributed by atoms with Crippen LogP contribution in [0, 0.1) is 10.1 Å². The van der Waals surface area contributed by atoms with E-state index < -0.39 is 0 Å². The van der Waals surface area contributed by atoms with E-state index in [1.807, 2.05) is 18.2 Å². The van der Waals surface area contributed by atoms with E-state index in [1.54, 1.807) is 12.3 Å². The molecule has 0 saturated carbocycles. The number of nitrogens with zero attached hydrogens (tertiary/aromatic N) is 2. The van der Waals surface area contributed by atoms with Gasteiger partial charge in [0.2, 0.25) is 0 Å². The number of unbranched alkanes of at least 4 members (excludes halogenated alkanes) is 2. The van der Waals surface area contributed by atoms with Gasteiger partial charge in [0, 0.05) is 11.6 Å². The van der Waals surface area contributed by atoms with Crippen molar-refractivity contribution in [2.75, 3.05) is 0 Å². The average Bonchev–Trinajstić information content (AvgIpc) is 2.38. The van der Waals surface area contributed by atoms with Crippen LogP contribution in [0.2, 0.25) is 0 Å². The number of pyridine rings is 1. The highest BCUT2D eigenvalue weighted by Gasteiger charge is 2.18. The fraction of sp³-hybridized carbons (Fsp3) is 0.357. The maximum Gasteiger partial charge on any atom is 0.298 e. The molecule has 1 aromatic heterocycles. The molecular formula is C14H16N2O2. The van der Waals surface area contributed by atoms with Crippen molar-refractivity contribution in [2.24, 2.45) is 0 Å². The van der Waals surface area contributed by atoms with Crippen molar-refractivity contribution in [1.82, 2.24) is 4.98 Å². The highest BCUT2D eigenvalue weighted by molar-refractivity contribution is 5.90. The Kier molecular flexibility index (Phi) is 3.87. The van der Waals surface area contributed by atoms with E-state index in [-0.39, 0.29) is 10.6 Å². The van der Waals surface area contributed by atoms with Gasteiger partial charge >= 0.3 is 0 Å². The second-order valence-electron chi connectivity index (χ2n) is 4.35. The zero-order chi connectivity index (χ0) is 13.0. The van der Waals surface area contributed by atoms with Crippen molar-refractivity contribution in [2.45, 2.75) is 32.6 Å². The molecule has 18 heavy (non-hydrogen) atoms. The summed E-state index contributed by atoms with van der Waals surface area (Å²) in [6.07, 6.45) is 5.52. The molecule has 0 bridgehead atoms. The van der Waals surface area contributed by atoms with Gasteiger partial charge in [-0.1, -0.05) is 38.0 Å². The quantitative estimate of drug-likeness (QED) is 0.455. The maximum atomic E-state index is 11.2. The molecule has 1 heterocycles. The van der Waals surface area contributed by atoms with Crippen molar-refractivity contribution in [3.63, 3.8) is 0 Å². The van der Waals surface area contributed by atoms with Crippen LogP contribution in [-0.4, -0.2) is 9.91 Å². The first-order chi connectivity index (χ1) is 8.74. The summed E-state index contributed by atoms with van der Waals surface area (Å²) in [5, 5.41) is 12.7. The molecule has 0 N–H and O–H groups in total. The third-order valence-corrected chi connectivity index (χ3v) is 3.05. The van der Waals surface area contributed by atoms with Crippen LogP contribution in [0.3, 0.4) is 0 Å². The predicted molar refractivity (Wildman–Crippen MR) is 71.6 cm³/mol. The lowest BCUT2D eigenvalue weighted by atomic mass is 10.1. The Bertz CT molecular complexity index is 567. The normalized spacial score (nSPS) is 10.7. The molecule has 0 aliphatic heterocycles. The molecule has 2 rings (SSSR count). The lowest BCUT2D eigenvalue weighted by Crippen LogP contribution is -2.00. The monoisotopic (exact) mass is 244 g/mol. The van der Waals surface area contributed by atoms with Crippen LogP contribution in [0.4, 0.5) is 5.69 Å². The molecule has 0 aliphatic rings. The number of rotatable bonds is 5. The van der Waals surface area contributed by atoms with E-state index in [1.165, 1.54) is 0 Å². The first-order valence-electron chi connectivity index (χ1n) is 6.25. The Morgan fingerprint density at radius 1 is 1.28 bits per heavy atom. The van der Waals surface area contributed by atoms with Gasteiger partial charge in [-0.05, 0) is 18.9 Å². The molecule has 0 spiro atoms. The summed E-state index contributed by atoms with van der Waals surface area (Å²) in [5.74, 6) is 0. The van der Waals surface area contributed by atoms with Gasteiger partial charge in [-0.25, -0.2) is 0 Å². The van der Waals surface area contributed by atoms with E-state index >= 15 is 0 Å². The van der Waals surface area contributed by atoms with Gasteiger partial charge in [-0.2, -0.15) is 0 Å². The number of aromatic nitrogens is 1. The lowest BCUT2D eigenvalue weighted by molar-refractivity contribution is -0.384. The van der Waals surface area contributed by atoms with Gasteiger partial charge in [0.05, 0.1) is 10.3 Å². The van der Waals surface area contributed by atoms with Crippen molar-refractivity contribution in [3.05, 3.63) is 46.3 Å². The minimum absolute atomic E-state index is 0.171. The molecule has 0 aliphatic carbocycles. The number of benzene rings is 1. The molecule has 0 atom stereocenters. The molecule has 0 radical (unpaired) electrons. The summed E-state index contributed by atoms with van der Waals surface area (Å²) in [5.41, 5.74) is 0.774. The molecule has 94 valence electrons. The second-order valence-corrected chi connectivity index (χ2v) is 4.35. The Morgan fingerprint density at radius 3 is 2.78 bits per heavy atom. The van der Waals surface area contributed by atoms with E-state index in [4.69, 9.17) is 0 Å². The Hall–Kier alpha value is -1.97. The SMILES string of the molecule is CCCCCc1ncc2ccccc2c1[N+](=O)[O-]. The number of fused-ring (bicyclic) bond motifs is 1. The third kappa shape index (κ3) is 2.47. The van der Waals surface area contributed by atoms with Crippen molar-refractivity contribution in [3.8, 4) is 0 Å². The first kappa shape index (κ1) is 12.5. The molecule has 2 aromatic rings. The van der Waals surface area contributed by atoms with Crippen LogP contribution in [-0.2, 0) is 6.42 Å².